The number of halogens is 2. The summed E-state index contributed by atoms with van der Waals surface area (Å²) in [6.45, 7) is 5.00. The van der Waals surface area contributed by atoms with Crippen LogP contribution in [0, 0.1) is 36.8 Å². The molecule has 2 rings (SSSR count). The third-order valence-electron chi connectivity index (χ3n) is 3.77. The number of nitrogens with one attached hydrogen (secondary N) is 1. The van der Waals surface area contributed by atoms with Crippen molar-refractivity contribution in [3.8, 4) is 6.07 Å². The number of carbonyl (C=O) groups excluding carboxylic acids is 2. The molecule has 0 aliphatic carbocycles. The summed E-state index contributed by atoms with van der Waals surface area (Å²) in [6.07, 6.45) is 1.04. The number of aromatic nitrogens is 1. The summed E-state index contributed by atoms with van der Waals surface area (Å²) in [5, 5.41) is 9.28. The van der Waals surface area contributed by atoms with Crippen molar-refractivity contribution in [2.24, 2.45) is 0 Å². The first-order chi connectivity index (χ1) is 12.3. The number of nitriles is 1. The lowest BCUT2D eigenvalue weighted by Gasteiger charge is -2.03. The molecule has 2 aromatic rings. The molecule has 7 heteroatoms. The largest absolute Gasteiger partial charge is 0.462 e. The number of hydrogen-bond donors (Lipinski definition) is 1. The van der Waals surface area contributed by atoms with Crippen molar-refractivity contribution < 1.29 is 23.1 Å². The summed E-state index contributed by atoms with van der Waals surface area (Å²) in [7, 11) is 0. The fraction of sp³-hybridized carbons (Fsp3) is 0.211. The van der Waals surface area contributed by atoms with Crippen LogP contribution in [-0.4, -0.2) is 23.3 Å². The van der Waals surface area contributed by atoms with E-state index in [0.717, 1.165) is 18.2 Å². The van der Waals surface area contributed by atoms with Gasteiger partial charge in [-0.1, -0.05) is 0 Å². The lowest BCUT2D eigenvalue weighted by atomic mass is 10.0. The summed E-state index contributed by atoms with van der Waals surface area (Å²) in [6, 6.07) is 4.53. The highest BCUT2D eigenvalue weighted by Gasteiger charge is 2.24. The zero-order chi connectivity index (χ0) is 19.4. The van der Waals surface area contributed by atoms with Gasteiger partial charge in [-0.05, 0) is 44.5 Å². The molecular weight excluding hydrogens is 342 g/mol. The minimum Gasteiger partial charge on any atom is -0.462 e. The van der Waals surface area contributed by atoms with E-state index in [9.17, 15) is 23.6 Å². The number of benzene rings is 1. The number of rotatable bonds is 5. The van der Waals surface area contributed by atoms with Crippen LogP contribution in [0.2, 0.25) is 0 Å². The van der Waals surface area contributed by atoms with E-state index in [1.54, 1.807) is 26.8 Å². The van der Waals surface area contributed by atoms with Crippen molar-refractivity contribution in [2.75, 3.05) is 6.61 Å². The van der Waals surface area contributed by atoms with Crippen LogP contribution in [0.4, 0.5) is 8.78 Å². The predicted octanol–water partition coefficient (Wildman–Crippen LogP) is 3.88. The van der Waals surface area contributed by atoms with Crippen LogP contribution < -0.4 is 0 Å². The maximum Gasteiger partial charge on any atom is 0.340 e. The maximum absolute atomic E-state index is 13.8. The van der Waals surface area contributed by atoms with Crippen LogP contribution in [0.25, 0.3) is 6.08 Å². The number of ether oxygens (including phenoxy) is 1. The number of hydrogen-bond acceptors (Lipinski definition) is 4. The lowest BCUT2D eigenvalue weighted by Crippen LogP contribution is -2.08. The monoisotopic (exact) mass is 358 g/mol. The molecule has 134 valence electrons. The first-order valence-electron chi connectivity index (χ1n) is 7.78. The number of nitrogens with zero attached hydrogens (tertiary/aromatic N) is 1. The number of aromatic amines is 1. The van der Waals surface area contributed by atoms with Crippen molar-refractivity contribution in [2.45, 2.75) is 20.8 Å². The Morgan fingerprint density at radius 3 is 2.58 bits per heavy atom. The normalized spacial score (nSPS) is 11.2. The molecule has 0 aliphatic heterocycles. The second-order valence-corrected chi connectivity index (χ2v) is 5.51. The molecule has 0 atom stereocenters. The van der Waals surface area contributed by atoms with E-state index in [4.69, 9.17) is 4.74 Å². The molecule has 1 aromatic heterocycles. The number of ketones is 1. The van der Waals surface area contributed by atoms with E-state index in [2.05, 4.69) is 4.98 Å². The Morgan fingerprint density at radius 1 is 1.31 bits per heavy atom. The lowest BCUT2D eigenvalue weighted by molar-refractivity contribution is 0.0525. The number of allylic oxidation sites excluding steroid dienone is 1. The first kappa shape index (κ1) is 19.1. The van der Waals surface area contributed by atoms with E-state index in [1.807, 2.05) is 0 Å². The topological polar surface area (TPSA) is 83.0 Å². The molecule has 0 aliphatic rings. The summed E-state index contributed by atoms with van der Waals surface area (Å²) >= 11 is 0. The Balaban J connectivity index is 2.47. The molecule has 0 bridgehead atoms. The molecule has 0 spiro atoms. The van der Waals surface area contributed by atoms with Crippen LogP contribution in [0.5, 0.6) is 0 Å². The van der Waals surface area contributed by atoms with Crippen molar-refractivity contribution in [3.63, 3.8) is 0 Å². The quantitative estimate of drug-likeness (QED) is 0.381. The fourth-order valence-corrected chi connectivity index (χ4v) is 2.54. The SMILES string of the molecule is CCOC(=O)c1c(C)[nH]c(C(=O)/C(C#N)=C/c2ccc(F)cc2F)c1C. The van der Waals surface area contributed by atoms with Gasteiger partial charge in [0.05, 0.1) is 17.9 Å². The van der Waals surface area contributed by atoms with Gasteiger partial charge < -0.3 is 9.72 Å². The summed E-state index contributed by atoms with van der Waals surface area (Å²) < 4.78 is 31.7. The van der Waals surface area contributed by atoms with Gasteiger partial charge in [0.1, 0.15) is 23.3 Å². The Bertz CT molecular complexity index is 952. The molecule has 0 radical (unpaired) electrons. The highest BCUT2D eigenvalue weighted by molar-refractivity contribution is 6.15. The van der Waals surface area contributed by atoms with Gasteiger partial charge in [-0.3, -0.25) is 4.79 Å². The van der Waals surface area contributed by atoms with Crippen LogP contribution in [0.3, 0.4) is 0 Å². The molecule has 26 heavy (non-hydrogen) atoms. The Morgan fingerprint density at radius 2 is 2.00 bits per heavy atom. The zero-order valence-corrected chi connectivity index (χ0v) is 14.4. The van der Waals surface area contributed by atoms with Crippen LogP contribution in [-0.2, 0) is 4.74 Å². The van der Waals surface area contributed by atoms with E-state index < -0.39 is 23.4 Å². The maximum atomic E-state index is 13.8. The van der Waals surface area contributed by atoms with Crippen molar-refractivity contribution in [3.05, 3.63) is 63.5 Å². The fourth-order valence-electron chi connectivity index (χ4n) is 2.54. The third kappa shape index (κ3) is 3.70. The molecule has 0 fully saturated rings. The van der Waals surface area contributed by atoms with E-state index in [1.165, 1.54) is 0 Å². The molecule has 1 aromatic carbocycles. The summed E-state index contributed by atoms with van der Waals surface area (Å²) in [4.78, 5) is 27.4. The smallest absolute Gasteiger partial charge is 0.340 e. The second kappa shape index (κ2) is 7.74. The Labute approximate surface area is 148 Å². The van der Waals surface area contributed by atoms with Gasteiger partial charge in [0, 0.05) is 17.3 Å². The molecular formula is C19H16F2N2O3. The van der Waals surface area contributed by atoms with Gasteiger partial charge in [0.2, 0.25) is 5.78 Å². The first-order valence-corrected chi connectivity index (χ1v) is 7.78. The van der Waals surface area contributed by atoms with Gasteiger partial charge in [-0.2, -0.15) is 5.26 Å². The van der Waals surface area contributed by atoms with Crippen molar-refractivity contribution >= 4 is 17.8 Å². The predicted molar refractivity (Wildman–Crippen MR) is 90.5 cm³/mol. The third-order valence-corrected chi connectivity index (χ3v) is 3.77. The standard InChI is InChI=1S/C19H16F2N2O3/c1-4-26-19(25)16-10(2)17(23-11(16)3)18(24)13(9-22)7-12-5-6-14(20)8-15(12)21/h5-8,23H,4H2,1-3H3/b13-7+. The number of H-pyrrole nitrogens is 1. The van der Waals surface area contributed by atoms with Gasteiger partial charge >= 0.3 is 5.97 Å². The van der Waals surface area contributed by atoms with E-state index >= 15 is 0 Å². The molecule has 5 nitrogen and oxygen atoms in total. The Hall–Kier alpha value is -3.27. The number of esters is 1. The molecule has 0 unspecified atom stereocenters. The van der Waals surface area contributed by atoms with Gasteiger partial charge in [0.15, 0.2) is 0 Å². The number of aryl methyl sites for hydroxylation is 1. The highest BCUT2D eigenvalue weighted by atomic mass is 19.1. The zero-order valence-electron chi connectivity index (χ0n) is 14.4. The number of Topliss-reactive ketones (excluding diaryl/α,β-unsaturated/α-hetero) is 1. The van der Waals surface area contributed by atoms with Gasteiger partial charge in [0.25, 0.3) is 0 Å². The average molecular weight is 358 g/mol. The van der Waals surface area contributed by atoms with Crippen LogP contribution in [0.1, 0.15) is 44.6 Å². The minimum absolute atomic E-state index is 0.0425. The molecule has 0 amide bonds. The second-order valence-electron chi connectivity index (χ2n) is 5.51. The molecule has 0 saturated carbocycles. The van der Waals surface area contributed by atoms with E-state index in [-0.39, 0.29) is 29.0 Å². The summed E-state index contributed by atoms with van der Waals surface area (Å²) in [5.74, 6) is -2.94. The van der Waals surface area contributed by atoms with Crippen LogP contribution in [0.15, 0.2) is 23.8 Å². The molecule has 1 N–H and O–H groups in total. The van der Waals surface area contributed by atoms with Crippen molar-refractivity contribution in [1.82, 2.24) is 4.98 Å². The van der Waals surface area contributed by atoms with Gasteiger partial charge in [-0.25, -0.2) is 13.6 Å². The summed E-state index contributed by atoms with van der Waals surface area (Å²) in [5.41, 5.74) is 0.584. The molecule has 1 heterocycles. The van der Waals surface area contributed by atoms with Crippen molar-refractivity contribution in [1.29, 1.82) is 5.26 Å². The highest BCUT2D eigenvalue weighted by Crippen LogP contribution is 2.23. The van der Waals surface area contributed by atoms with E-state index in [0.29, 0.717) is 17.3 Å². The number of carbonyl (C=O) groups is 2. The Kier molecular flexibility index (Phi) is 5.68. The average Bonchev–Trinajstić information content (AvgIpc) is 2.88. The van der Waals surface area contributed by atoms with Crippen LogP contribution >= 0.6 is 0 Å². The minimum atomic E-state index is -0.892. The molecule has 0 saturated heterocycles. The van der Waals surface area contributed by atoms with Gasteiger partial charge in [-0.15, -0.1) is 0 Å².